The molecule has 0 amide bonds. The van der Waals surface area contributed by atoms with Gasteiger partial charge in [-0.1, -0.05) is 18.7 Å². The lowest BCUT2D eigenvalue weighted by atomic mass is 9.93. The summed E-state index contributed by atoms with van der Waals surface area (Å²) in [6.07, 6.45) is -1.18. The number of nitrogens with two attached hydrogens (primary N) is 2. The number of nitrogens with zero attached hydrogens (tertiary/aromatic N) is 1. The number of ether oxygens (including phenoxy) is 1. The normalized spacial score (nSPS) is 26.8. The Kier molecular flexibility index (Phi) is 5.80. The SMILES string of the molecule is CCC(F)(F)C1OCC2N=C(N)SCC21.Nc1ccc(F)cc1. The first-order chi connectivity index (χ1) is 10.8. The number of alkyl halides is 2. The molecule has 3 unspecified atom stereocenters. The molecule has 3 rings (SSSR count). The Morgan fingerprint density at radius 3 is 2.52 bits per heavy atom. The molecule has 2 aliphatic rings. The molecule has 4 nitrogen and oxygen atoms in total. The van der Waals surface area contributed by atoms with E-state index in [9.17, 15) is 13.2 Å². The summed E-state index contributed by atoms with van der Waals surface area (Å²) in [5.74, 6) is -2.61. The molecule has 0 spiro atoms. The third-order valence-corrected chi connectivity index (χ3v) is 4.76. The van der Waals surface area contributed by atoms with Gasteiger partial charge in [-0.2, -0.15) is 0 Å². The van der Waals surface area contributed by atoms with Gasteiger partial charge < -0.3 is 16.2 Å². The molecule has 0 saturated carbocycles. The van der Waals surface area contributed by atoms with Crippen LogP contribution in [-0.4, -0.2) is 35.6 Å². The third kappa shape index (κ3) is 4.54. The van der Waals surface area contributed by atoms with Crippen molar-refractivity contribution in [2.24, 2.45) is 16.6 Å². The number of thioether (sulfide) groups is 1. The number of nitrogen functional groups attached to an aromatic ring is 1. The largest absolute Gasteiger partial charge is 0.399 e. The molecule has 8 heteroatoms. The second-order valence-electron chi connectivity index (χ2n) is 5.43. The van der Waals surface area contributed by atoms with E-state index >= 15 is 0 Å². The van der Waals surface area contributed by atoms with Gasteiger partial charge in [-0.15, -0.1) is 0 Å². The average molecular weight is 347 g/mol. The summed E-state index contributed by atoms with van der Waals surface area (Å²) in [6.45, 7) is 1.75. The number of hydrogen-bond acceptors (Lipinski definition) is 5. The van der Waals surface area contributed by atoms with Gasteiger partial charge in [0.05, 0.1) is 12.6 Å². The number of amidine groups is 1. The van der Waals surface area contributed by atoms with Crippen molar-refractivity contribution >= 4 is 22.6 Å². The smallest absolute Gasteiger partial charge is 0.273 e. The van der Waals surface area contributed by atoms with E-state index in [-0.39, 0.29) is 30.8 Å². The highest BCUT2D eigenvalue weighted by atomic mass is 32.2. The fourth-order valence-corrected chi connectivity index (χ4v) is 3.43. The predicted molar refractivity (Wildman–Crippen MR) is 87.1 cm³/mol. The Hall–Kier alpha value is -1.41. The Morgan fingerprint density at radius 2 is 1.96 bits per heavy atom. The van der Waals surface area contributed by atoms with Crippen molar-refractivity contribution in [3.8, 4) is 0 Å². The molecule has 0 radical (unpaired) electrons. The molecule has 0 aromatic heterocycles. The van der Waals surface area contributed by atoms with Crippen LogP contribution in [0.2, 0.25) is 0 Å². The maximum atomic E-state index is 13.5. The molecule has 1 fully saturated rings. The van der Waals surface area contributed by atoms with Crippen LogP contribution < -0.4 is 11.5 Å². The van der Waals surface area contributed by atoms with Crippen LogP contribution in [-0.2, 0) is 4.74 Å². The summed E-state index contributed by atoms with van der Waals surface area (Å²) in [7, 11) is 0. The van der Waals surface area contributed by atoms with E-state index < -0.39 is 12.0 Å². The van der Waals surface area contributed by atoms with Crippen LogP contribution in [0.5, 0.6) is 0 Å². The predicted octanol–water partition coefficient (Wildman–Crippen LogP) is 2.88. The van der Waals surface area contributed by atoms with Gasteiger partial charge in [0.15, 0.2) is 5.17 Å². The minimum atomic E-state index is -2.75. The maximum Gasteiger partial charge on any atom is 0.273 e. The second-order valence-corrected chi connectivity index (χ2v) is 6.47. The van der Waals surface area contributed by atoms with Gasteiger partial charge in [-0.3, -0.25) is 4.99 Å². The molecule has 1 aromatic rings. The first kappa shape index (κ1) is 17.9. The van der Waals surface area contributed by atoms with Crippen molar-refractivity contribution in [1.29, 1.82) is 0 Å². The fourth-order valence-electron chi connectivity index (χ4n) is 2.46. The molecule has 0 bridgehead atoms. The number of rotatable bonds is 2. The van der Waals surface area contributed by atoms with Crippen LogP contribution in [0.25, 0.3) is 0 Å². The maximum absolute atomic E-state index is 13.5. The first-order valence-corrected chi connectivity index (χ1v) is 8.28. The monoisotopic (exact) mass is 347 g/mol. The summed E-state index contributed by atoms with van der Waals surface area (Å²) in [4.78, 5) is 4.14. The molecule has 23 heavy (non-hydrogen) atoms. The van der Waals surface area contributed by atoms with E-state index in [4.69, 9.17) is 16.2 Å². The Bertz CT molecular complexity index is 532. The quantitative estimate of drug-likeness (QED) is 0.807. The molecule has 1 saturated heterocycles. The van der Waals surface area contributed by atoms with E-state index in [2.05, 4.69) is 4.99 Å². The summed E-state index contributed by atoms with van der Waals surface area (Å²) in [6, 6.07) is 5.53. The van der Waals surface area contributed by atoms with E-state index in [0.717, 1.165) is 0 Å². The molecule has 128 valence electrons. The summed E-state index contributed by atoms with van der Waals surface area (Å²) in [5.41, 5.74) is 11.4. The van der Waals surface area contributed by atoms with Crippen LogP contribution in [0.1, 0.15) is 13.3 Å². The third-order valence-electron chi connectivity index (χ3n) is 3.80. The van der Waals surface area contributed by atoms with Gasteiger partial charge in [0, 0.05) is 23.8 Å². The molecular weight excluding hydrogens is 327 g/mol. The van der Waals surface area contributed by atoms with Crippen molar-refractivity contribution in [3.63, 3.8) is 0 Å². The molecule has 0 aliphatic carbocycles. The molecule has 3 atom stereocenters. The molecule has 2 heterocycles. The van der Waals surface area contributed by atoms with Crippen molar-refractivity contribution in [3.05, 3.63) is 30.1 Å². The van der Waals surface area contributed by atoms with Crippen LogP contribution in [0.4, 0.5) is 18.9 Å². The number of fused-ring (bicyclic) bond motifs is 1. The molecular formula is C15H20F3N3OS. The van der Waals surface area contributed by atoms with Gasteiger partial charge in [-0.25, -0.2) is 13.2 Å². The lowest BCUT2D eigenvalue weighted by molar-refractivity contribution is -0.128. The van der Waals surface area contributed by atoms with Crippen LogP contribution in [0, 0.1) is 11.7 Å². The summed E-state index contributed by atoms with van der Waals surface area (Å²) >= 11 is 1.34. The van der Waals surface area contributed by atoms with Crippen LogP contribution >= 0.6 is 11.8 Å². The van der Waals surface area contributed by atoms with Crippen LogP contribution in [0.3, 0.4) is 0 Å². The van der Waals surface area contributed by atoms with Gasteiger partial charge in [0.1, 0.15) is 11.9 Å². The molecule has 2 aliphatic heterocycles. The van der Waals surface area contributed by atoms with Crippen molar-refractivity contribution in [2.75, 3.05) is 18.1 Å². The summed E-state index contributed by atoms with van der Waals surface area (Å²) in [5, 5.41) is 0.486. The average Bonchev–Trinajstić information content (AvgIpc) is 2.94. The van der Waals surface area contributed by atoms with Gasteiger partial charge in [-0.05, 0) is 24.3 Å². The minimum Gasteiger partial charge on any atom is -0.399 e. The second kappa shape index (κ2) is 7.44. The molecule has 4 N–H and O–H groups in total. The number of aliphatic imine (C=N–C) groups is 1. The van der Waals surface area contributed by atoms with E-state index in [1.165, 1.54) is 43.0 Å². The molecule has 1 aromatic carbocycles. The topological polar surface area (TPSA) is 73.6 Å². The minimum absolute atomic E-state index is 0.173. The summed E-state index contributed by atoms with van der Waals surface area (Å²) < 4.78 is 44.2. The zero-order valence-electron chi connectivity index (χ0n) is 12.7. The Morgan fingerprint density at radius 1 is 1.30 bits per heavy atom. The highest BCUT2D eigenvalue weighted by Gasteiger charge is 2.51. The standard InChI is InChI=1S/C9H14F2N2OS.C6H6FN/c1-2-9(10,11)7-5-4-15-8(12)13-6(5)3-14-7;7-5-1-3-6(8)4-2-5/h5-7H,2-4H2,1H3,(H2,12,13);1-4H,8H2. The zero-order valence-corrected chi connectivity index (χ0v) is 13.5. The highest BCUT2D eigenvalue weighted by Crippen LogP contribution is 2.40. The van der Waals surface area contributed by atoms with Gasteiger partial charge in [0.25, 0.3) is 5.92 Å². The lowest BCUT2D eigenvalue weighted by Gasteiger charge is -2.29. The Labute approximate surface area is 137 Å². The van der Waals surface area contributed by atoms with E-state index in [0.29, 0.717) is 16.6 Å². The van der Waals surface area contributed by atoms with Crippen molar-refractivity contribution < 1.29 is 17.9 Å². The lowest BCUT2D eigenvalue weighted by Crippen LogP contribution is -2.42. The fraction of sp³-hybridized carbons (Fsp3) is 0.533. The van der Waals surface area contributed by atoms with Gasteiger partial charge in [0.2, 0.25) is 0 Å². The zero-order chi connectivity index (χ0) is 17.0. The van der Waals surface area contributed by atoms with Crippen molar-refractivity contribution in [1.82, 2.24) is 0 Å². The first-order valence-electron chi connectivity index (χ1n) is 7.30. The van der Waals surface area contributed by atoms with Crippen LogP contribution in [0.15, 0.2) is 29.3 Å². The van der Waals surface area contributed by atoms with Gasteiger partial charge >= 0.3 is 0 Å². The highest BCUT2D eigenvalue weighted by molar-refractivity contribution is 8.13. The number of halogens is 3. The number of hydrogen-bond donors (Lipinski definition) is 2. The van der Waals surface area contributed by atoms with Crippen molar-refractivity contribution in [2.45, 2.75) is 31.4 Å². The number of benzene rings is 1. The number of anilines is 1. The van der Waals surface area contributed by atoms with E-state index in [1.54, 1.807) is 0 Å². The van der Waals surface area contributed by atoms with E-state index in [1.807, 2.05) is 0 Å². The Balaban J connectivity index is 0.000000203.